The zero-order valence-electron chi connectivity index (χ0n) is 13.3. The minimum atomic E-state index is 0.0658. The second kappa shape index (κ2) is 7.85. The number of aromatic hydroxyl groups is 2. The van der Waals surface area contributed by atoms with E-state index in [9.17, 15) is 10.2 Å². The molecule has 0 aliphatic carbocycles. The molecule has 0 fully saturated rings. The van der Waals surface area contributed by atoms with Crippen molar-refractivity contribution in [3.63, 3.8) is 0 Å². The van der Waals surface area contributed by atoms with Crippen LogP contribution in [0, 0.1) is 6.92 Å². The normalized spacial score (nSPS) is 12.3. The third-order valence-corrected chi connectivity index (χ3v) is 4.09. The van der Waals surface area contributed by atoms with Gasteiger partial charge in [0.1, 0.15) is 11.5 Å². The van der Waals surface area contributed by atoms with Crippen molar-refractivity contribution in [2.45, 2.75) is 39.2 Å². The lowest BCUT2D eigenvalue weighted by Gasteiger charge is -2.17. The maximum Gasteiger partial charge on any atom is 0.126 e. The zero-order valence-corrected chi connectivity index (χ0v) is 13.3. The number of unbranched alkanes of at least 4 members (excludes halogenated alkanes) is 1. The van der Waals surface area contributed by atoms with Crippen LogP contribution in [0.4, 0.5) is 0 Å². The summed E-state index contributed by atoms with van der Waals surface area (Å²) in [6.07, 6.45) is 3.34. The Morgan fingerprint density at radius 3 is 2.45 bits per heavy atom. The standard InChI is InChI=1S/C19H25NO2/c1-14-18(21)12-11-17(19(14)22)15(2)20-13-7-6-10-16-8-4-3-5-9-16/h3-5,8-9,11-12,15,20-22H,6-7,10,13H2,1-2H3. The Bertz CT molecular complexity index is 596. The number of nitrogens with one attached hydrogen (secondary N) is 1. The summed E-state index contributed by atoms with van der Waals surface area (Å²) in [6.45, 7) is 4.66. The van der Waals surface area contributed by atoms with E-state index in [-0.39, 0.29) is 17.5 Å². The molecule has 0 spiro atoms. The SMILES string of the molecule is Cc1c(O)ccc(C(C)NCCCCc2ccccc2)c1O. The van der Waals surface area contributed by atoms with Crippen molar-refractivity contribution in [2.24, 2.45) is 0 Å². The summed E-state index contributed by atoms with van der Waals surface area (Å²) in [6, 6.07) is 14.0. The number of benzene rings is 2. The maximum atomic E-state index is 10.1. The molecule has 2 rings (SSSR count). The lowest BCUT2D eigenvalue weighted by atomic mass is 10.0. The van der Waals surface area contributed by atoms with Gasteiger partial charge in [0.2, 0.25) is 0 Å². The van der Waals surface area contributed by atoms with E-state index < -0.39 is 0 Å². The largest absolute Gasteiger partial charge is 0.508 e. The molecule has 1 unspecified atom stereocenters. The molecule has 0 heterocycles. The minimum absolute atomic E-state index is 0.0658. The Kier molecular flexibility index (Phi) is 5.84. The smallest absolute Gasteiger partial charge is 0.126 e. The van der Waals surface area contributed by atoms with Crippen molar-refractivity contribution >= 4 is 0 Å². The molecule has 3 N–H and O–H groups in total. The van der Waals surface area contributed by atoms with Gasteiger partial charge in [0.25, 0.3) is 0 Å². The number of hydrogen-bond donors (Lipinski definition) is 3. The molecule has 0 bridgehead atoms. The molecular weight excluding hydrogens is 274 g/mol. The topological polar surface area (TPSA) is 52.5 Å². The predicted molar refractivity (Wildman–Crippen MR) is 90.3 cm³/mol. The first-order valence-corrected chi connectivity index (χ1v) is 7.88. The number of aryl methyl sites for hydroxylation is 1. The average Bonchev–Trinajstić information content (AvgIpc) is 2.53. The molecule has 1 atom stereocenters. The molecule has 0 aliphatic heterocycles. The van der Waals surface area contributed by atoms with Gasteiger partial charge in [-0.15, -0.1) is 0 Å². The van der Waals surface area contributed by atoms with E-state index in [1.54, 1.807) is 19.1 Å². The van der Waals surface area contributed by atoms with Gasteiger partial charge in [-0.2, -0.15) is 0 Å². The number of phenols is 2. The van der Waals surface area contributed by atoms with Crippen LogP contribution in [-0.2, 0) is 6.42 Å². The predicted octanol–water partition coefficient (Wildman–Crippen LogP) is 4.08. The molecule has 0 saturated carbocycles. The Hall–Kier alpha value is -2.00. The molecule has 2 aromatic carbocycles. The van der Waals surface area contributed by atoms with Crippen molar-refractivity contribution in [1.82, 2.24) is 5.32 Å². The van der Waals surface area contributed by atoms with E-state index in [1.165, 1.54) is 5.56 Å². The van der Waals surface area contributed by atoms with Gasteiger partial charge in [-0.1, -0.05) is 36.4 Å². The third kappa shape index (κ3) is 4.25. The second-order valence-corrected chi connectivity index (χ2v) is 5.77. The van der Waals surface area contributed by atoms with Crippen molar-refractivity contribution in [2.75, 3.05) is 6.54 Å². The van der Waals surface area contributed by atoms with Gasteiger partial charge in [0.15, 0.2) is 0 Å². The summed E-state index contributed by atoms with van der Waals surface area (Å²) in [4.78, 5) is 0. The van der Waals surface area contributed by atoms with Crippen LogP contribution >= 0.6 is 0 Å². The first-order valence-electron chi connectivity index (χ1n) is 7.88. The Balaban J connectivity index is 1.76. The van der Waals surface area contributed by atoms with Crippen LogP contribution in [0.15, 0.2) is 42.5 Å². The van der Waals surface area contributed by atoms with Crippen LogP contribution in [0.5, 0.6) is 11.5 Å². The Morgan fingerprint density at radius 1 is 1.00 bits per heavy atom. The second-order valence-electron chi connectivity index (χ2n) is 5.77. The molecule has 2 aromatic rings. The van der Waals surface area contributed by atoms with Crippen molar-refractivity contribution in [3.8, 4) is 11.5 Å². The van der Waals surface area contributed by atoms with E-state index >= 15 is 0 Å². The minimum Gasteiger partial charge on any atom is -0.508 e. The molecule has 0 saturated heterocycles. The molecule has 22 heavy (non-hydrogen) atoms. The highest BCUT2D eigenvalue weighted by molar-refractivity contribution is 5.48. The number of phenolic OH excluding ortho intramolecular Hbond substituents is 2. The van der Waals surface area contributed by atoms with E-state index in [0.29, 0.717) is 5.56 Å². The van der Waals surface area contributed by atoms with Crippen LogP contribution in [0.2, 0.25) is 0 Å². The Morgan fingerprint density at radius 2 is 1.73 bits per heavy atom. The van der Waals surface area contributed by atoms with E-state index in [2.05, 4.69) is 29.6 Å². The maximum absolute atomic E-state index is 10.1. The van der Waals surface area contributed by atoms with Crippen LogP contribution in [0.3, 0.4) is 0 Å². The molecule has 0 radical (unpaired) electrons. The lowest BCUT2D eigenvalue weighted by molar-refractivity contribution is 0.428. The van der Waals surface area contributed by atoms with Crippen molar-refractivity contribution in [3.05, 3.63) is 59.2 Å². The zero-order chi connectivity index (χ0) is 15.9. The monoisotopic (exact) mass is 299 g/mol. The van der Waals surface area contributed by atoms with Gasteiger partial charge in [-0.05, 0) is 51.3 Å². The quantitative estimate of drug-likeness (QED) is 0.675. The summed E-state index contributed by atoms with van der Waals surface area (Å²) in [7, 11) is 0. The molecule has 0 aliphatic rings. The molecule has 3 nitrogen and oxygen atoms in total. The highest BCUT2D eigenvalue weighted by Crippen LogP contribution is 2.32. The van der Waals surface area contributed by atoms with E-state index in [0.717, 1.165) is 31.4 Å². The van der Waals surface area contributed by atoms with Crippen molar-refractivity contribution in [1.29, 1.82) is 0 Å². The van der Waals surface area contributed by atoms with Gasteiger partial charge in [-0.3, -0.25) is 0 Å². The summed E-state index contributed by atoms with van der Waals surface area (Å²) >= 11 is 0. The van der Waals surface area contributed by atoms with Gasteiger partial charge in [0, 0.05) is 17.2 Å². The summed E-state index contributed by atoms with van der Waals surface area (Å²) < 4.78 is 0. The van der Waals surface area contributed by atoms with Gasteiger partial charge >= 0.3 is 0 Å². The van der Waals surface area contributed by atoms with Gasteiger partial charge in [-0.25, -0.2) is 0 Å². The van der Waals surface area contributed by atoms with E-state index in [1.807, 2.05) is 13.0 Å². The van der Waals surface area contributed by atoms with Crippen LogP contribution in [0.1, 0.15) is 42.5 Å². The number of rotatable bonds is 7. The number of hydrogen-bond acceptors (Lipinski definition) is 3. The fourth-order valence-corrected chi connectivity index (χ4v) is 2.59. The highest BCUT2D eigenvalue weighted by atomic mass is 16.3. The fourth-order valence-electron chi connectivity index (χ4n) is 2.59. The average molecular weight is 299 g/mol. The van der Waals surface area contributed by atoms with E-state index in [4.69, 9.17) is 0 Å². The summed E-state index contributed by atoms with van der Waals surface area (Å²) in [5, 5.41) is 23.1. The Labute approximate surface area is 132 Å². The van der Waals surface area contributed by atoms with Gasteiger partial charge in [0.05, 0.1) is 0 Å². The first-order chi connectivity index (χ1) is 10.6. The molecule has 0 aromatic heterocycles. The van der Waals surface area contributed by atoms with Crippen molar-refractivity contribution < 1.29 is 10.2 Å². The molecule has 118 valence electrons. The third-order valence-electron chi connectivity index (χ3n) is 4.09. The molecule has 0 amide bonds. The summed E-state index contributed by atoms with van der Waals surface area (Å²) in [5.74, 6) is 0.320. The van der Waals surface area contributed by atoms with Crippen LogP contribution < -0.4 is 5.32 Å². The van der Waals surface area contributed by atoms with Crippen LogP contribution in [0.25, 0.3) is 0 Å². The first kappa shape index (κ1) is 16.4. The molecule has 3 heteroatoms. The fraction of sp³-hybridized carbons (Fsp3) is 0.368. The summed E-state index contributed by atoms with van der Waals surface area (Å²) in [5.41, 5.74) is 2.75. The van der Waals surface area contributed by atoms with Crippen LogP contribution in [-0.4, -0.2) is 16.8 Å². The lowest BCUT2D eigenvalue weighted by Crippen LogP contribution is -2.20. The molecular formula is C19H25NO2. The van der Waals surface area contributed by atoms with Gasteiger partial charge < -0.3 is 15.5 Å². The highest BCUT2D eigenvalue weighted by Gasteiger charge is 2.13.